The number of amides is 2. The molecule has 0 aromatic heterocycles. The SMILES string of the molecule is COc1ccc(NC(=O)N2CCN(c3cccc(Cl)c3Cl)CC2)cc1OCCN(C(C)C)C(C)C. The monoisotopic (exact) mass is 522 g/mol. The quantitative estimate of drug-likeness (QED) is 0.447. The number of urea groups is 1. The average molecular weight is 524 g/mol. The van der Waals surface area contributed by atoms with Gasteiger partial charge in [0.05, 0.1) is 22.8 Å². The van der Waals surface area contributed by atoms with Crippen molar-refractivity contribution in [3.05, 3.63) is 46.4 Å². The summed E-state index contributed by atoms with van der Waals surface area (Å²) in [6.45, 7) is 12.6. The fourth-order valence-corrected chi connectivity index (χ4v) is 4.75. The summed E-state index contributed by atoms with van der Waals surface area (Å²) in [5.74, 6) is 1.24. The molecule has 0 spiro atoms. The molecule has 3 rings (SSSR count). The van der Waals surface area contributed by atoms with Crippen LogP contribution in [0.5, 0.6) is 11.5 Å². The summed E-state index contributed by atoms with van der Waals surface area (Å²) < 4.78 is 11.5. The number of methoxy groups -OCH3 is 1. The van der Waals surface area contributed by atoms with E-state index in [-0.39, 0.29) is 6.03 Å². The number of nitrogens with zero attached hydrogens (tertiary/aromatic N) is 3. The van der Waals surface area contributed by atoms with Gasteiger partial charge in [0.15, 0.2) is 11.5 Å². The van der Waals surface area contributed by atoms with Gasteiger partial charge in [-0.25, -0.2) is 4.79 Å². The highest BCUT2D eigenvalue weighted by Crippen LogP contribution is 2.33. The van der Waals surface area contributed by atoms with Crippen molar-refractivity contribution in [3.8, 4) is 11.5 Å². The number of carbonyl (C=O) groups is 1. The smallest absolute Gasteiger partial charge is 0.321 e. The van der Waals surface area contributed by atoms with Crippen molar-refractivity contribution in [2.75, 3.05) is 56.7 Å². The highest BCUT2D eigenvalue weighted by Gasteiger charge is 2.23. The van der Waals surface area contributed by atoms with Crippen molar-refractivity contribution < 1.29 is 14.3 Å². The Morgan fingerprint density at radius 3 is 2.34 bits per heavy atom. The average Bonchev–Trinajstić information content (AvgIpc) is 2.83. The normalized spacial score (nSPS) is 14.1. The van der Waals surface area contributed by atoms with Crippen LogP contribution in [-0.2, 0) is 0 Å². The first-order chi connectivity index (χ1) is 16.7. The molecule has 9 heteroatoms. The van der Waals surface area contributed by atoms with E-state index in [1.165, 1.54) is 0 Å². The van der Waals surface area contributed by atoms with Gasteiger partial charge in [0.2, 0.25) is 0 Å². The van der Waals surface area contributed by atoms with E-state index in [0.29, 0.717) is 72.1 Å². The number of rotatable bonds is 9. The highest BCUT2D eigenvalue weighted by molar-refractivity contribution is 6.43. The molecule has 0 atom stereocenters. The number of carbonyl (C=O) groups excluding carboxylic acids is 1. The molecule has 1 fully saturated rings. The number of hydrogen-bond donors (Lipinski definition) is 1. The van der Waals surface area contributed by atoms with Crippen molar-refractivity contribution in [1.29, 1.82) is 0 Å². The third kappa shape index (κ3) is 7.09. The number of anilines is 2. The molecule has 0 aliphatic carbocycles. The van der Waals surface area contributed by atoms with Gasteiger partial charge in [0.25, 0.3) is 0 Å². The molecule has 2 aromatic carbocycles. The van der Waals surface area contributed by atoms with Crippen LogP contribution < -0.4 is 19.7 Å². The van der Waals surface area contributed by atoms with Crippen LogP contribution in [0.25, 0.3) is 0 Å². The molecular weight excluding hydrogens is 487 g/mol. The predicted molar refractivity (Wildman–Crippen MR) is 145 cm³/mol. The number of halogens is 2. The van der Waals surface area contributed by atoms with Crippen LogP contribution in [-0.4, -0.2) is 74.4 Å². The third-order valence-corrected chi connectivity index (χ3v) is 7.00. The van der Waals surface area contributed by atoms with Gasteiger partial charge in [0, 0.05) is 56.6 Å². The van der Waals surface area contributed by atoms with Gasteiger partial charge in [-0.15, -0.1) is 0 Å². The lowest BCUT2D eigenvalue weighted by molar-refractivity contribution is 0.140. The lowest BCUT2D eigenvalue weighted by Crippen LogP contribution is -2.50. The van der Waals surface area contributed by atoms with Crippen LogP contribution in [0.2, 0.25) is 10.0 Å². The first kappa shape index (κ1) is 27.2. The lowest BCUT2D eigenvalue weighted by Gasteiger charge is -2.36. The van der Waals surface area contributed by atoms with E-state index in [4.69, 9.17) is 32.7 Å². The van der Waals surface area contributed by atoms with E-state index >= 15 is 0 Å². The minimum atomic E-state index is -0.149. The van der Waals surface area contributed by atoms with Crippen molar-refractivity contribution in [2.45, 2.75) is 39.8 Å². The maximum atomic E-state index is 12.9. The van der Waals surface area contributed by atoms with Crippen LogP contribution in [0, 0.1) is 0 Å². The molecule has 0 unspecified atom stereocenters. The number of nitrogens with one attached hydrogen (secondary N) is 1. The number of piperazine rings is 1. The Hall–Kier alpha value is -2.35. The number of ether oxygens (including phenoxy) is 2. The van der Waals surface area contributed by atoms with Crippen molar-refractivity contribution in [2.24, 2.45) is 0 Å². The maximum absolute atomic E-state index is 12.9. The minimum absolute atomic E-state index is 0.149. The second-order valence-electron chi connectivity index (χ2n) is 9.12. The van der Waals surface area contributed by atoms with Gasteiger partial charge in [-0.05, 0) is 52.0 Å². The van der Waals surface area contributed by atoms with Crippen LogP contribution in [0.3, 0.4) is 0 Å². The Labute approximate surface area is 218 Å². The summed E-state index contributed by atoms with van der Waals surface area (Å²) >= 11 is 12.5. The summed E-state index contributed by atoms with van der Waals surface area (Å²) in [5.41, 5.74) is 1.56. The molecule has 192 valence electrons. The molecule has 35 heavy (non-hydrogen) atoms. The van der Waals surface area contributed by atoms with Crippen LogP contribution in [0.1, 0.15) is 27.7 Å². The maximum Gasteiger partial charge on any atom is 0.321 e. The first-order valence-corrected chi connectivity index (χ1v) is 12.8. The van der Waals surface area contributed by atoms with Gasteiger partial charge in [-0.3, -0.25) is 4.90 Å². The van der Waals surface area contributed by atoms with E-state index < -0.39 is 0 Å². The van der Waals surface area contributed by atoms with E-state index in [1.807, 2.05) is 30.3 Å². The van der Waals surface area contributed by atoms with Gasteiger partial charge in [0.1, 0.15) is 6.61 Å². The summed E-state index contributed by atoms with van der Waals surface area (Å²) in [4.78, 5) is 19.2. The van der Waals surface area contributed by atoms with Crippen molar-refractivity contribution >= 4 is 40.6 Å². The molecule has 1 N–H and O–H groups in total. The summed E-state index contributed by atoms with van der Waals surface area (Å²) in [5, 5.41) is 4.06. The van der Waals surface area contributed by atoms with Gasteiger partial charge >= 0.3 is 6.03 Å². The summed E-state index contributed by atoms with van der Waals surface area (Å²) in [6.07, 6.45) is 0. The summed E-state index contributed by atoms with van der Waals surface area (Å²) in [6, 6.07) is 11.8. The van der Waals surface area contributed by atoms with Crippen LogP contribution in [0.4, 0.5) is 16.2 Å². The topological polar surface area (TPSA) is 57.3 Å². The molecule has 2 aromatic rings. The molecule has 0 bridgehead atoms. The zero-order valence-corrected chi connectivity index (χ0v) is 22.7. The Bertz CT molecular complexity index is 987. The molecule has 1 heterocycles. The molecular formula is C26H36Cl2N4O3. The Kier molecular flexibility index (Phi) is 9.78. The van der Waals surface area contributed by atoms with Crippen molar-refractivity contribution in [1.82, 2.24) is 9.80 Å². The molecule has 2 amide bonds. The summed E-state index contributed by atoms with van der Waals surface area (Å²) in [7, 11) is 1.61. The van der Waals surface area contributed by atoms with E-state index in [9.17, 15) is 4.79 Å². The molecule has 0 saturated carbocycles. The molecule has 7 nitrogen and oxygen atoms in total. The van der Waals surface area contributed by atoms with Crippen molar-refractivity contribution in [3.63, 3.8) is 0 Å². The second kappa shape index (κ2) is 12.6. The van der Waals surface area contributed by atoms with E-state index in [0.717, 1.165) is 12.2 Å². The van der Waals surface area contributed by atoms with E-state index in [2.05, 4.69) is 42.8 Å². The minimum Gasteiger partial charge on any atom is -0.493 e. The third-order valence-electron chi connectivity index (χ3n) is 6.19. The number of benzene rings is 2. The first-order valence-electron chi connectivity index (χ1n) is 12.0. The zero-order chi connectivity index (χ0) is 25.5. The molecule has 1 aliphatic heterocycles. The fraction of sp³-hybridized carbons (Fsp3) is 0.500. The lowest BCUT2D eigenvalue weighted by atomic mass is 10.2. The van der Waals surface area contributed by atoms with Gasteiger partial charge in [-0.1, -0.05) is 29.3 Å². The standard InChI is InChI=1S/C26H36Cl2N4O3/c1-18(2)32(19(3)4)15-16-35-24-17-20(9-10-23(24)34-5)29-26(33)31-13-11-30(12-14-31)22-8-6-7-21(27)25(22)28/h6-10,17-19H,11-16H2,1-5H3,(H,29,33). The zero-order valence-electron chi connectivity index (χ0n) is 21.2. The molecule has 1 aliphatic rings. The Morgan fingerprint density at radius 1 is 1.03 bits per heavy atom. The fourth-order valence-electron chi connectivity index (χ4n) is 4.33. The van der Waals surface area contributed by atoms with Gasteiger partial charge in [-0.2, -0.15) is 0 Å². The van der Waals surface area contributed by atoms with Gasteiger partial charge < -0.3 is 24.6 Å². The highest BCUT2D eigenvalue weighted by atomic mass is 35.5. The predicted octanol–water partition coefficient (Wildman–Crippen LogP) is 5.85. The Morgan fingerprint density at radius 2 is 1.71 bits per heavy atom. The molecule has 1 saturated heterocycles. The van der Waals surface area contributed by atoms with E-state index in [1.54, 1.807) is 18.1 Å². The second-order valence-corrected chi connectivity index (χ2v) is 9.90. The largest absolute Gasteiger partial charge is 0.493 e. The Balaban J connectivity index is 1.58. The van der Waals surface area contributed by atoms with Crippen LogP contribution >= 0.6 is 23.2 Å². The number of hydrogen-bond acceptors (Lipinski definition) is 5. The van der Waals surface area contributed by atoms with Crippen LogP contribution in [0.15, 0.2) is 36.4 Å². The molecule has 0 radical (unpaired) electrons.